The molecule has 3 aromatic rings. The predicted octanol–water partition coefficient (Wildman–Crippen LogP) is 4.31. The number of ether oxygens (including phenoxy) is 2. The van der Waals surface area contributed by atoms with E-state index in [9.17, 15) is 4.79 Å². The molecule has 5 nitrogen and oxygen atoms in total. The molecule has 1 aliphatic rings. The summed E-state index contributed by atoms with van der Waals surface area (Å²) in [6.45, 7) is 4.58. The summed E-state index contributed by atoms with van der Waals surface area (Å²) in [5, 5.41) is 2.73. The van der Waals surface area contributed by atoms with E-state index in [-0.39, 0.29) is 5.91 Å². The quantitative estimate of drug-likeness (QED) is 0.706. The van der Waals surface area contributed by atoms with Crippen molar-refractivity contribution in [2.75, 3.05) is 18.5 Å². The molecule has 0 saturated carbocycles. The van der Waals surface area contributed by atoms with Crippen LogP contribution in [0.25, 0.3) is 22.5 Å². The highest BCUT2D eigenvalue weighted by atomic mass is 16.6. The standard InChI is InChI=1S/C22H18N2O3/c1-2-22(25)23-17-9-6-15(7-10-17)18-4-3-5-19(24-18)16-8-11-20-21(14-16)27-13-12-26-20/h2-11,14H,1,12-13H2,(H,23,25). The van der Waals surface area contributed by atoms with E-state index in [4.69, 9.17) is 14.5 Å². The zero-order chi connectivity index (χ0) is 18.6. The van der Waals surface area contributed by atoms with Crippen LogP contribution in [0.3, 0.4) is 0 Å². The highest BCUT2D eigenvalue weighted by Gasteiger charge is 2.13. The van der Waals surface area contributed by atoms with Gasteiger partial charge in [0.05, 0.1) is 11.4 Å². The third-order valence-electron chi connectivity index (χ3n) is 4.22. The predicted molar refractivity (Wildman–Crippen MR) is 105 cm³/mol. The van der Waals surface area contributed by atoms with E-state index >= 15 is 0 Å². The summed E-state index contributed by atoms with van der Waals surface area (Å²) in [5.41, 5.74) is 4.35. The average molecular weight is 358 g/mol. The number of rotatable bonds is 4. The Labute approximate surface area is 157 Å². The number of fused-ring (bicyclic) bond motifs is 1. The van der Waals surface area contributed by atoms with Gasteiger partial charge in [0.1, 0.15) is 13.2 Å². The molecule has 2 heterocycles. The van der Waals surface area contributed by atoms with Gasteiger partial charge in [-0.25, -0.2) is 4.98 Å². The molecule has 134 valence electrons. The van der Waals surface area contributed by atoms with E-state index in [0.717, 1.165) is 34.0 Å². The Morgan fingerprint density at radius 2 is 1.59 bits per heavy atom. The van der Waals surface area contributed by atoms with Crippen LogP contribution in [0.2, 0.25) is 0 Å². The van der Waals surface area contributed by atoms with Gasteiger partial charge in [0.15, 0.2) is 11.5 Å². The number of pyridine rings is 1. The van der Waals surface area contributed by atoms with Gasteiger partial charge >= 0.3 is 0 Å². The molecule has 0 spiro atoms. The molecule has 27 heavy (non-hydrogen) atoms. The summed E-state index contributed by atoms with van der Waals surface area (Å²) in [4.78, 5) is 16.1. The summed E-state index contributed by atoms with van der Waals surface area (Å²) >= 11 is 0. The first kappa shape index (κ1) is 16.8. The maximum absolute atomic E-state index is 11.4. The smallest absolute Gasteiger partial charge is 0.247 e. The number of aromatic nitrogens is 1. The molecular weight excluding hydrogens is 340 g/mol. The van der Waals surface area contributed by atoms with Crippen LogP contribution in [-0.2, 0) is 4.79 Å². The number of nitrogens with one attached hydrogen (secondary N) is 1. The van der Waals surface area contributed by atoms with Crippen molar-refractivity contribution in [3.05, 3.63) is 73.3 Å². The molecule has 1 aromatic heterocycles. The zero-order valence-corrected chi connectivity index (χ0v) is 14.6. The second-order valence-corrected chi connectivity index (χ2v) is 6.04. The van der Waals surface area contributed by atoms with Crippen molar-refractivity contribution in [3.63, 3.8) is 0 Å². The Kier molecular flexibility index (Phi) is 4.58. The Morgan fingerprint density at radius 1 is 0.926 bits per heavy atom. The van der Waals surface area contributed by atoms with Crippen LogP contribution in [-0.4, -0.2) is 24.1 Å². The van der Waals surface area contributed by atoms with Crippen LogP contribution in [0.4, 0.5) is 5.69 Å². The molecule has 2 aromatic carbocycles. The first-order valence-electron chi connectivity index (χ1n) is 8.64. The van der Waals surface area contributed by atoms with Gasteiger partial charge in [-0.05, 0) is 48.5 Å². The third-order valence-corrected chi connectivity index (χ3v) is 4.22. The van der Waals surface area contributed by atoms with Crippen LogP contribution < -0.4 is 14.8 Å². The van der Waals surface area contributed by atoms with Crippen LogP contribution in [0.1, 0.15) is 0 Å². The second-order valence-electron chi connectivity index (χ2n) is 6.04. The molecule has 0 fully saturated rings. The van der Waals surface area contributed by atoms with Gasteiger partial charge in [0.25, 0.3) is 0 Å². The monoisotopic (exact) mass is 358 g/mol. The number of carbonyl (C=O) groups is 1. The number of amides is 1. The lowest BCUT2D eigenvalue weighted by Gasteiger charge is -2.18. The number of benzene rings is 2. The molecule has 0 bridgehead atoms. The molecule has 1 aliphatic heterocycles. The third kappa shape index (κ3) is 3.67. The van der Waals surface area contributed by atoms with Crippen molar-refractivity contribution in [2.45, 2.75) is 0 Å². The summed E-state index contributed by atoms with van der Waals surface area (Å²) in [6, 6.07) is 19.3. The van der Waals surface area contributed by atoms with E-state index in [1.54, 1.807) is 0 Å². The lowest BCUT2D eigenvalue weighted by molar-refractivity contribution is -0.111. The molecule has 1 N–H and O–H groups in total. The Morgan fingerprint density at radius 3 is 2.33 bits per heavy atom. The van der Waals surface area contributed by atoms with Gasteiger partial charge in [0.2, 0.25) is 5.91 Å². The fourth-order valence-corrected chi connectivity index (χ4v) is 2.88. The molecule has 5 heteroatoms. The minimum absolute atomic E-state index is 0.235. The highest BCUT2D eigenvalue weighted by Crippen LogP contribution is 2.34. The topological polar surface area (TPSA) is 60.5 Å². The molecule has 0 saturated heterocycles. The van der Waals surface area contributed by atoms with Crippen LogP contribution in [0.15, 0.2) is 73.3 Å². The highest BCUT2D eigenvalue weighted by molar-refractivity contribution is 5.98. The van der Waals surface area contributed by atoms with E-state index in [1.165, 1.54) is 6.08 Å². The van der Waals surface area contributed by atoms with Crippen LogP contribution in [0, 0.1) is 0 Å². The summed E-state index contributed by atoms with van der Waals surface area (Å²) in [7, 11) is 0. The van der Waals surface area contributed by atoms with Crippen molar-refractivity contribution >= 4 is 11.6 Å². The van der Waals surface area contributed by atoms with E-state index in [0.29, 0.717) is 18.9 Å². The van der Waals surface area contributed by atoms with Crippen molar-refractivity contribution in [1.82, 2.24) is 4.98 Å². The fourth-order valence-electron chi connectivity index (χ4n) is 2.88. The summed E-state index contributed by atoms with van der Waals surface area (Å²) < 4.78 is 11.2. The van der Waals surface area contributed by atoms with Crippen LogP contribution in [0.5, 0.6) is 11.5 Å². The molecule has 4 rings (SSSR count). The Bertz CT molecular complexity index is 997. The van der Waals surface area contributed by atoms with Crippen LogP contribution >= 0.6 is 0 Å². The Hall–Kier alpha value is -3.60. The fraction of sp³-hybridized carbons (Fsp3) is 0.0909. The SMILES string of the molecule is C=CC(=O)Nc1ccc(-c2cccc(-c3ccc4c(c3)OCCO4)n2)cc1. The van der Waals surface area contributed by atoms with E-state index in [2.05, 4.69) is 11.9 Å². The number of hydrogen-bond acceptors (Lipinski definition) is 4. The maximum atomic E-state index is 11.4. The maximum Gasteiger partial charge on any atom is 0.247 e. The molecule has 1 amide bonds. The molecule has 0 aliphatic carbocycles. The number of anilines is 1. The van der Waals surface area contributed by atoms with Gasteiger partial charge in [-0.3, -0.25) is 4.79 Å². The number of carbonyl (C=O) groups excluding carboxylic acids is 1. The summed E-state index contributed by atoms with van der Waals surface area (Å²) in [5.74, 6) is 1.27. The number of nitrogens with zero attached hydrogens (tertiary/aromatic N) is 1. The lowest BCUT2D eigenvalue weighted by atomic mass is 10.1. The molecule has 0 atom stereocenters. The largest absolute Gasteiger partial charge is 0.486 e. The average Bonchev–Trinajstić information content (AvgIpc) is 2.74. The summed E-state index contributed by atoms with van der Waals surface area (Å²) in [6.07, 6.45) is 1.24. The second kappa shape index (κ2) is 7.33. The van der Waals surface area contributed by atoms with Crippen molar-refractivity contribution in [1.29, 1.82) is 0 Å². The van der Waals surface area contributed by atoms with Gasteiger partial charge in [-0.15, -0.1) is 0 Å². The van der Waals surface area contributed by atoms with Crippen molar-refractivity contribution in [3.8, 4) is 34.0 Å². The first-order chi connectivity index (χ1) is 13.2. The Balaban J connectivity index is 1.61. The van der Waals surface area contributed by atoms with Gasteiger partial charge in [0, 0.05) is 16.8 Å². The lowest BCUT2D eigenvalue weighted by Crippen LogP contribution is -2.15. The normalized spacial score (nSPS) is 12.3. The van der Waals surface area contributed by atoms with Gasteiger partial charge in [-0.2, -0.15) is 0 Å². The van der Waals surface area contributed by atoms with E-state index < -0.39 is 0 Å². The minimum Gasteiger partial charge on any atom is -0.486 e. The molecule has 0 radical (unpaired) electrons. The van der Waals surface area contributed by atoms with Gasteiger partial charge < -0.3 is 14.8 Å². The zero-order valence-electron chi connectivity index (χ0n) is 14.6. The van der Waals surface area contributed by atoms with Crippen molar-refractivity contribution in [2.24, 2.45) is 0 Å². The molecule has 0 unspecified atom stereocenters. The van der Waals surface area contributed by atoms with E-state index in [1.807, 2.05) is 60.7 Å². The first-order valence-corrected chi connectivity index (χ1v) is 8.64. The molecular formula is C22H18N2O3. The van der Waals surface area contributed by atoms with Gasteiger partial charge in [-0.1, -0.05) is 24.8 Å². The van der Waals surface area contributed by atoms with Crippen molar-refractivity contribution < 1.29 is 14.3 Å². The number of hydrogen-bond donors (Lipinski definition) is 1. The minimum atomic E-state index is -0.235.